The number of hydrogen-bond acceptors (Lipinski definition) is 8. The van der Waals surface area contributed by atoms with Gasteiger partial charge in [-0.3, -0.25) is 4.79 Å². The lowest BCUT2D eigenvalue weighted by Gasteiger charge is -2.17. The molecular weight excluding hydrogens is 618 g/mol. The minimum Gasteiger partial charge on any atom is -0.488 e. The average molecular weight is 658 g/mol. The van der Waals surface area contributed by atoms with E-state index in [-0.39, 0.29) is 36.8 Å². The van der Waals surface area contributed by atoms with Crippen LogP contribution in [0.1, 0.15) is 22.3 Å². The maximum Gasteiger partial charge on any atom is 0.239 e. The van der Waals surface area contributed by atoms with Gasteiger partial charge in [0.05, 0.1) is 13.2 Å². The van der Waals surface area contributed by atoms with Gasteiger partial charge >= 0.3 is 0 Å². The summed E-state index contributed by atoms with van der Waals surface area (Å²) < 4.78 is 37.0. The highest BCUT2D eigenvalue weighted by Crippen LogP contribution is 2.39. The average Bonchev–Trinajstić information content (AvgIpc) is 3.14. The van der Waals surface area contributed by atoms with E-state index in [1.807, 2.05) is 128 Å². The summed E-state index contributed by atoms with van der Waals surface area (Å²) in [5, 5.41) is 0.298. The van der Waals surface area contributed by atoms with Crippen molar-refractivity contribution in [3.05, 3.63) is 154 Å². The number of aryl methyl sites for hydroxylation is 1. The van der Waals surface area contributed by atoms with Gasteiger partial charge in [-0.15, -0.1) is 0 Å². The Morgan fingerprint density at radius 1 is 0.592 bits per heavy atom. The summed E-state index contributed by atoms with van der Waals surface area (Å²) in [7, 11) is 0. The molecule has 5 aromatic carbocycles. The number of ether oxygens (including phenoxy) is 5. The van der Waals surface area contributed by atoms with Crippen molar-refractivity contribution in [3.8, 4) is 34.3 Å². The Kier molecular flexibility index (Phi) is 11.2. The van der Waals surface area contributed by atoms with Crippen molar-refractivity contribution < 1.29 is 28.1 Å². The third-order valence-electron chi connectivity index (χ3n) is 7.72. The molecule has 49 heavy (non-hydrogen) atoms. The number of rotatable bonds is 16. The van der Waals surface area contributed by atoms with Crippen LogP contribution in [0.4, 0.5) is 0 Å². The Morgan fingerprint density at radius 2 is 1.16 bits per heavy atom. The SMILES string of the molecule is Cc1cc(OCc2ccccc2)c2c(=O)c(OCCOCCN)c(-c3ccc(OCc4ccccc4)c(OCc4ccccc4)c3)oc2c1. The smallest absolute Gasteiger partial charge is 0.239 e. The molecule has 0 amide bonds. The third-order valence-corrected chi connectivity index (χ3v) is 7.72. The van der Waals surface area contributed by atoms with Gasteiger partial charge in [0.15, 0.2) is 17.3 Å². The zero-order valence-corrected chi connectivity index (χ0v) is 27.4. The van der Waals surface area contributed by atoms with Crippen LogP contribution in [0.3, 0.4) is 0 Å². The first-order valence-electron chi connectivity index (χ1n) is 16.3. The normalized spacial score (nSPS) is 11.0. The Balaban J connectivity index is 1.40. The van der Waals surface area contributed by atoms with E-state index < -0.39 is 0 Å². The Bertz CT molecular complexity index is 2010. The molecule has 6 rings (SSSR count). The van der Waals surface area contributed by atoms with Crippen molar-refractivity contribution in [2.45, 2.75) is 26.7 Å². The molecule has 0 unspecified atom stereocenters. The molecule has 0 spiro atoms. The van der Waals surface area contributed by atoms with E-state index in [1.54, 1.807) is 0 Å². The minimum atomic E-state index is -0.353. The van der Waals surface area contributed by atoms with Crippen LogP contribution in [0.2, 0.25) is 0 Å². The second-order valence-electron chi connectivity index (χ2n) is 11.5. The maximum absolute atomic E-state index is 14.3. The van der Waals surface area contributed by atoms with Crippen LogP contribution in [-0.2, 0) is 24.6 Å². The standard InChI is InChI=1S/C41H39NO7/c1-29-23-36(48-28-32-15-9-4-10-16-32)38-37(24-29)49-40(41(39(38)43)45-22-21-44-20-19-42)33-17-18-34(46-26-30-11-5-2-6-12-30)35(25-33)47-27-31-13-7-3-8-14-31/h2-18,23-25H,19-22,26-28,42H2,1H3. The highest BCUT2D eigenvalue weighted by Gasteiger charge is 2.23. The van der Waals surface area contributed by atoms with Crippen LogP contribution >= 0.6 is 0 Å². The number of benzene rings is 5. The highest BCUT2D eigenvalue weighted by molar-refractivity contribution is 5.88. The van der Waals surface area contributed by atoms with Crippen LogP contribution in [0.5, 0.6) is 23.0 Å². The molecule has 0 aliphatic rings. The predicted molar refractivity (Wildman–Crippen MR) is 190 cm³/mol. The topological polar surface area (TPSA) is 102 Å². The lowest BCUT2D eigenvalue weighted by Crippen LogP contribution is -2.17. The lowest BCUT2D eigenvalue weighted by atomic mass is 10.1. The second kappa shape index (κ2) is 16.5. The van der Waals surface area contributed by atoms with Gasteiger partial charge in [0.2, 0.25) is 11.2 Å². The summed E-state index contributed by atoms with van der Waals surface area (Å²) in [6.07, 6.45) is 0. The van der Waals surface area contributed by atoms with E-state index in [0.29, 0.717) is 60.1 Å². The van der Waals surface area contributed by atoms with E-state index >= 15 is 0 Å². The van der Waals surface area contributed by atoms with Gasteiger partial charge in [-0.1, -0.05) is 91.0 Å². The molecule has 0 aliphatic carbocycles. The molecule has 0 atom stereocenters. The Morgan fingerprint density at radius 3 is 1.76 bits per heavy atom. The van der Waals surface area contributed by atoms with E-state index in [0.717, 1.165) is 22.3 Å². The van der Waals surface area contributed by atoms with Crippen LogP contribution in [0.15, 0.2) is 131 Å². The van der Waals surface area contributed by atoms with Gasteiger partial charge < -0.3 is 33.8 Å². The van der Waals surface area contributed by atoms with Gasteiger partial charge in [0.25, 0.3) is 0 Å². The maximum atomic E-state index is 14.3. The lowest BCUT2D eigenvalue weighted by molar-refractivity contribution is 0.105. The largest absolute Gasteiger partial charge is 0.488 e. The summed E-state index contributed by atoms with van der Waals surface area (Å²) in [6, 6.07) is 38.7. The quantitative estimate of drug-likeness (QED) is 0.105. The zero-order valence-electron chi connectivity index (χ0n) is 27.4. The first-order valence-corrected chi connectivity index (χ1v) is 16.3. The van der Waals surface area contributed by atoms with Crippen LogP contribution < -0.4 is 30.1 Å². The van der Waals surface area contributed by atoms with Crippen LogP contribution in [-0.4, -0.2) is 26.4 Å². The number of hydrogen-bond donors (Lipinski definition) is 1. The molecule has 0 radical (unpaired) electrons. The fourth-order valence-corrected chi connectivity index (χ4v) is 5.31. The molecule has 1 aromatic heterocycles. The van der Waals surface area contributed by atoms with Crippen molar-refractivity contribution in [1.29, 1.82) is 0 Å². The summed E-state index contributed by atoms with van der Waals surface area (Å²) in [4.78, 5) is 14.3. The molecule has 8 heteroatoms. The van der Waals surface area contributed by atoms with E-state index in [9.17, 15) is 4.79 Å². The molecule has 0 fully saturated rings. The molecule has 250 valence electrons. The van der Waals surface area contributed by atoms with Gasteiger partial charge in [-0.2, -0.15) is 0 Å². The first-order chi connectivity index (χ1) is 24.1. The Hall–Kier alpha value is -5.57. The van der Waals surface area contributed by atoms with Gasteiger partial charge in [0.1, 0.15) is 43.1 Å². The molecule has 0 aliphatic heterocycles. The first kappa shape index (κ1) is 33.3. The van der Waals surface area contributed by atoms with Gasteiger partial charge in [-0.25, -0.2) is 0 Å². The number of nitrogens with two attached hydrogens (primary N) is 1. The van der Waals surface area contributed by atoms with E-state index in [4.69, 9.17) is 33.8 Å². The van der Waals surface area contributed by atoms with Crippen LogP contribution in [0.25, 0.3) is 22.3 Å². The molecule has 0 saturated carbocycles. The predicted octanol–water partition coefficient (Wildman–Crippen LogP) is 7.86. The van der Waals surface area contributed by atoms with Gasteiger partial charge in [-0.05, 0) is 59.5 Å². The molecule has 2 N–H and O–H groups in total. The Labute approximate surface area is 285 Å². The fraction of sp³-hybridized carbons (Fsp3) is 0.195. The van der Waals surface area contributed by atoms with Crippen molar-refractivity contribution in [2.24, 2.45) is 5.73 Å². The third kappa shape index (κ3) is 8.67. The van der Waals surface area contributed by atoms with E-state index in [1.165, 1.54) is 0 Å². The summed E-state index contributed by atoms with van der Waals surface area (Å²) in [5.41, 5.74) is 10.1. The summed E-state index contributed by atoms with van der Waals surface area (Å²) >= 11 is 0. The highest BCUT2D eigenvalue weighted by atomic mass is 16.5. The summed E-state index contributed by atoms with van der Waals surface area (Å²) in [5.74, 6) is 1.77. The van der Waals surface area contributed by atoms with Crippen molar-refractivity contribution in [2.75, 3.05) is 26.4 Å². The fourth-order valence-electron chi connectivity index (χ4n) is 5.31. The molecule has 0 saturated heterocycles. The molecule has 0 bridgehead atoms. The second-order valence-corrected chi connectivity index (χ2v) is 11.5. The number of fused-ring (bicyclic) bond motifs is 1. The molecule has 1 heterocycles. The van der Waals surface area contributed by atoms with Crippen molar-refractivity contribution in [1.82, 2.24) is 0 Å². The molecule has 8 nitrogen and oxygen atoms in total. The van der Waals surface area contributed by atoms with Crippen molar-refractivity contribution >= 4 is 11.0 Å². The molecular formula is C41H39NO7. The summed E-state index contributed by atoms with van der Waals surface area (Å²) in [6.45, 7) is 4.02. The van der Waals surface area contributed by atoms with Gasteiger partial charge in [0, 0.05) is 12.1 Å². The van der Waals surface area contributed by atoms with Crippen molar-refractivity contribution in [3.63, 3.8) is 0 Å². The van der Waals surface area contributed by atoms with E-state index in [2.05, 4.69) is 0 Å². The minimum absolute atomic E-state index is 0.0456. The molecule has 6 aromatic rings. The van der Waals surface area contributed by atoms with Crippen LogP contribution in [0, 0.1) is 6.92 Å². The monoisotopic (exact) mass is 657 g/mol. The zero-order chi connectivity index (χ0) is 33.8.